The first-order chi connectivity index (χ1) is 10.2. The SMILES string of the molecule is CCCCCCCC(C)(CCCCCC)N1CCNCC1. The number of nitrogens with one attached hydrogen (secondary N) is 1. The van der Waals surface area contributed by atoms with Gasteiger partial charge in [-0.25, -0.2) is 0 Å². The van der Waals surface area contributed by atoms with Crippen LogP contribution in [0.4, 0.5) is 0 Å². The van der Waals surface area contributed by atoms with Gasteiger partial charge in [0.25, 0.3) is 0 Å². The van der Waals surface area contributed by atoms with Gasteiger partial charge < -0.3 is 5.32 Å². The lowest BCUT2D eigenvalue weighted by atomic mass is 9.86. The van der Waals surface area contributed by atoms with Crippen LogP contribution in [0.5, 0.6) is 0 Å². The van der Waals surface area contributed by atoms with E-state index in [2.05, 4.69) is 31.0 Å². The summed E-state index contributed by atoms with van der Waals surface area (Å²) in [7, 11) is 0. The fourth-order valence-corrected chi connectivity index (χ4v) is 3.69. The van der Waals surface area contributed by atoms with Crippen LogP contribution < -0.4 is 5.32 Å². The van der Waals surface area contributed by atoms with Crippen molar-refractivity contribution in [2.75, 3.05) is 26.2 Å². The molecule has 1 atom stereocenters. The van der Waals surface area contributed by atoms with E-state index in [4.69, 9.17) is 0 Å². The molecular weight excluding hydrogens is 256 g/mol. The second-order valence-electron chi connectivity index (χ2n) is 7.21. The first-order valence-electron chi connectivity index (χ1n) is 9.68. The van der Waals surface area contributed by atoms with Crippen LogP contribution in [-0.4, -0.2) is 36.6 Å². The molecule has 1 heterocycles. The Morgan fingerprint density at radius 1 is 0.762 bits per heavy atom. The minimum Gasteiger partial charge on any atom is -0.314 e. The van der Waals surface area contributed by atoms with E-state index >= 15 is 0 Å². The highest BCUT2D eigenvalue weighted by molar-refractivity contribution is 4.88. The summed E-state index contributed by atoms with van der Waals surface area (Å²) in [6.07, 6.45) is 15.5. The van der Waals surface area contributed by atoms with Gasteiger partial charge in [-0.1, -0.05) is 71.6 Å². The standard InChI is InChI=1S/C19H40N2/c1-4-6-8-10-12-14-19(3,13-11-9-7-5-2)21-17-15-20-16-18-21/h20H,4-18H2,1-3H3. The highest BCUT2D eigenvalue weighted by Gasteiger charge is 2.31. The number of nitrogens with zero attached hydrogens (tertiary/aromatic N) is 1. The van der Waals surface area contributed by atoms with Gasteiger partial charge in [0.15, 0.2) is 0 Å². The summed E-state index contributed by atoms with van der Waals surface area (Å²) in [5, 5.41) is 3.51. The number of unbranched alkanes of at least 4 members (excludes halogenated alkanes) is 7. The van der Waals surface area contributed by atoms with Crippen molar-refractivity contribution >= 4 is 0 Å². The third-order valence-corrected chi connectivity index (χ3v) is 5.27. The highest BCUT2D eigenvalue weighted by atomic mass is 15.2. The van der Waals surface area contributed by atoms with E-state index in [1.54, 1.807) is 0 Å². The molecule has 1 saturated heterocycles. The fourth-order valence-electron chi connectivity index (χ4n) is 3.69. The van der Waals surface area contributed by atoms with Crippen molar-refractivity contribution in [2.24, 2.45) is 0 Å². The Balaban J connectivity index is 2.39. The van der Waals surface area contributed by atoms with Crippen LogP contribution in [0, 0.1) is 0 Å². The highest BCUT2D eigenvalue weighted by Crippen LogP contribution is 2.29. The van der Waals surface area contributed by atoms with E-state index in [-0.39, 0.29) is 0 Å². The quantitative estimate of drug-likeness (QED) is 0.511. The molecule has 126 valence electrons. The van der Waals surface area contributed by atoms with Gasteiger partial charge >= 0.3 is 0 Å². The predicted molar refractivity (Wildman–Crippen MR) is 95.0 cm³/mol. The van der Waals surface area contributed by atoms with Crippen LogP contribution in [0.25, 0.3) is 0 Å². The second-order valence-corrected chi connectivity index (χ2v) is 7.21. The van der Waals surface area contributed by atoms with Crippen LogP contribution in [-0.2, 0) is 0 Å². The summed E-state index contributed by atoms with van der Waals surface area (Å²) in [6.45, 7) is 12.0. The molecule has 1 N–H and O–H groups in total. The average molecular weight is 297 g/mol. The zero-order valence-electron chi connectivity index (χ0n) is 15.1. The number of rotatable bonds is 12. The van der Waals surface area contributed by atoms with Crippen LogP contribution in [0.3, 0.4) is 0 Å². The van der Waals surface area contributed by atoms with E-state index in [0.29, 0.717) is 5.54 Å². The van der Waals surface area contributed by atoms with Gasteiger partial charge in [0.2, 0.25) is 0 Å². The van der Waals surface area contributed by atoms with Crippen molar-refractivity contribution in [2.45, 2.75) is 96.9 Å². The Hall–Kier alpha value is -0.0800. The van der Waals surface area contributed by atoms with Crippen molar-refractivity contribution in [3.63, 3.8) is 0 Å². The zero-order chi connectivity index (χ0) is 15.4. The minimum absolute atomic E-state index is 0.460. The molecule has 1 aliphatic heterocycles. The van der Waals surface area contributed by atoms with Gasteiger partial charge in [-0.2, -0.15) is 0 Å². The summed E-state index contributed by atoms with van der Waals surface area (Å²) in [4.78, 5) is 2.79. The largest absolute Gasteiger partial charge is 0.314 e. The fraction of sp³-hybridized carbons (Fsp3) is 1.00. The second kappa shape index (κ2) is 11.5. The lowest BCUT2D eigenvalue weighted by Gasteiger charge is -2.44. The smallest absolute Gasteiger partial charge is 0.0182 e. The molecule has 0 amide bonds. The summed E-state index contributed by atoms with van der Waals surface area (Å²) < 4.78 is 0. The molecule has 0 aliphatic carbocycles. The van der Waals surface area contributed by atoms with Crippen LogP contribution >= 0.6 is 0 Å². The third-order valence-electron chi connectivity index (χ3n) is 5.27. The molecule has 1 unspecified atom stereocenters. The van der Waals surface area contributed by atoms with Gasteiger partial charge in [-0.05, 0) is 19.8 Å². The average Bonchev–Trinajstić information content (AvgIpc) is 2.52. The molecule has 0 aromatic heterocycles. The predicted octanol–water partition coefficient (Wildman–Crippen LogP) is 4.98. The Kier molecular flexibility index (Phi) is 10.4. The van der Waals surface area contributed by atoms with E-state index in [9.17, 15) is 0 Å². The van der Waals surface area contributed by atoms with E-state index in [1.807, 2.05) is 0 Å². The molecule has 1 aliphatic rings. The lowest BCUT2D eigenvalue weighted by molar-refractivity contribution is 0.0672. The number of piperazine rings is 1. The van der Waals surface area contributed by atoms with Crippen molar-refractivity contribution in [1.29, 1.82) is 0 Å². The van der Waals surface area contributed by atoms with Crippen LogP contribution in [0.15, 0.2) is 0 Å². The first kappa shape index (κ1) is 19.0. The number of hydrogen-bond donors (Lipinski definition) is 1. The molecule has 0 aromatic carbocycles. The molecule has 0 spiro atoms. The van der Waals surface area contributed by atoms with E-state index in [1.165, 1.54) is 96.8 Å². The zero-order valence-corrected chi connectivity index (χ0v) is 15.1. The Labute approximate surface area is 134 Å². The molecule has 0 bridgehead atoms. The lowest BCUT2D eigenvalue weighted by Crippen LogP contribution is -2.54. The van der Waals surface area contributed by atoms with Crippen LogP contribution in [0.1, 0.15) is 91.4 Å². The molecule has 0 saturated carbocycles. The molecule has 21 heavy (non-hydrogen) atoms. The molecular formula is C19H40N2. The Morgan fingerprint density at radius 2 is 1.24 bits per heavy atom. The Morgan fingerprint density at radius 3 is 1.76 bits per heavy atom. The van der Waals surface area contributed by atoms with Crippen LogP contribution in [0.2, 0.25) is 0 Å². The molecule has 2 nitrogen and oxygen atoms in total. The van der Waals surface area contributed by atoms with Gasteiger partial charge in [0.1, 0.15) is 0 Å². The summed E-state index contributed by atoms with van der Waals surface area (Å²) >= 11 is 0. The molecule has 1 rings (SSSR count). The first-order valence-corrected chi connectivity index (χ1v) is 9.68. The number of hydrogen-bond acceptors (Lipinski definition) is 2. The summed E-state index contributed by atoms with van der Waals surface area (Å²) in [5.74, 6) is 0. The van der Waals surface area contributed by atoms with Crippen molar-refractivity contribution in [3.8, 4) is 0 Å². The maximum absolute atomic E-state index is 3.51. The maximum Gasteiger partial charge on any atom is 0.0182 e. The minimum atomic E-state index is 0.460. The normalized spacial score (nSPS) is 19.6. The maximum atomic E-state index is 3.51. The van der Waals surface area contributed by atoms with Gasteiger partial charge in [-0.15, -0.1) is 0 Å². The summed E-state index contributed by atoms with van der Waals surface area (Å²) in [5.41, 5.74) is 0.460. The topological polar surface area (TPSA) is 15.3 Å². The summed E-state index contributed by atoms with van der Waals surface area (Å²) in [6, 6.07) is 0. The van der Waals surface area contributed by atoms with Crippen molar-refractivity contribution in [3.05, 3.63) is 0 Å². The molecule has 0 aromatic rings. The third kappa shape index (κ3) is 7.65. The van der Waals surface area contributed by atoms with Gasteiger partial charge in [0.05, 0.1) is 0 Å². The molecule has 2 heteroatoms. The van der Waals surface area contributed by atoms with Gasteiger partial charge in [-0.3, -0.25) is 4.90 Å². The molecule has 0 radical (unpaired) electrons. The monoisotopic (exact) mass is 296 g/mol. The van der Waals surface area contributed by atoms with E-state index in [0.717, 1.165) is 0 Å². The van der Waals surface area contributed by atoms with Crippen molar-refractivity contribution in [1.82, 2.24) is 10.2 Å². The van der Waals surface area contributed by atoms with Crippen molar-refractivity contribution < 1.29 is 0 Å². The van der Waals surface area contributed by atoms with E-state index < -0.39 is 0 Å². The molecule has 1 fully saturated rings. The Bertz CT molecular complexity index is 236. The van der Waals surface area contributed by atoms with Gasteiger partial charge in [0, 0.05) is 31.7 Å².